The van der Waals surface area contributed by atoms with E-state index in [2.05, 4.69) is 15.4 Å². The highest BCUT2D eigenvalue weighted by atomic mass is 35.5. The van der Waals surface area contributed by atoms with Crippen LogP contribution >= 0.6 is 11.6 Å². The van der Waals surface area contributed by atoms with Gasteiger partial charge in [0.1, 0.15) is 5.60 Å². The molecule has 2 aliphatic rings. The number of nitrogens with one attached hydrogen (secondary N) is 1. The molecule has 1 unspecified atom stereocenters. The third kappa shape index (κ3) is 4.50. The van der Waals surface area contributed by atoms with Gasteiger partial charge in [-0.05, 0) is 61.9 Å². The summed E-state index contributed by atoms with van der Waals surface area (Å²) < 4.78 is 21.7. The fourth-order valence-corrected chi connectivity index (χ4v) is 5.69. The van der Waals surface area contributed by atoms with E-state index in [-0.39, 0.29) is 11.7 Å². The second-order valence-electron chi connectivity index (χ2n) is 10.6. The average molecular weight is 561 g/mol. The molecule has 40 heavy (non-hydrogen) atoms. The van der Waals surface area contributed by atoms with Crippen LogP contribution in [0.1, 0.15) is 49.7 Å². The number of benzene rings is 2. The Hall–Kier alpha value is -4.24. The summed E-state index contributed by atoms with van der Waals surface area (Å²) in [5.41, 5.74) is 2.05. The van der Waals surface area contributed by atoms with Crippen molar-refractivity contribution in [1.82, 2.24) is 14.8 Å². The maximum atomic E-state index is 14.7. The van der Waals surface area contributed by atoms with Crippen molar-refractivity contribution in [3.05, 3.63) is 95.0 Å². The Morgan fingerprint density at radius 2 is 1.82 bits per heavy atom. The zero-order valence-corrected chi connectivity index (χ0v) is 22.4. The molecule has 4 aromatic rings. The summed E-state index contributed by atoms with van der Waals surface area (Å²) in [6.07, 6.45) is 4.49. The molecular weight excluding hydrogens is 535 g/mol. The summed E-state index contributed by atoms with van der Waals surface area (Å²) >= 11 is 6.36. The summed E-state index contributed by atoms with van der Waals surface area (Å²) in [4.78, 5) is 28.9. The number of ether oxygens (including phenoxy) is 1. The Labute approximate surface area is 234 Å². The number of carbonyl (C=O) groups excluding carboxylic acids is 1. The molecule has 0 spiro atoms. The van der Waals surface area contributed by atoms with Gasteiger partial charge in [-0.25, -0.2) is 13.9 Å². The fourth-order valence-electron chi connectivity index (χ4n) is 5.42. The number of carbonyl (C=O) groups is 2. The van der Waals surface area contributed by atoms with Crippen LogP contribution in [-0.4, -0.2) is 37.5 Å². The van der Waals surface area contributed by atoms with E-state index in [1.54, 1.807) is 18.2 Å². The van der Waals surface area contributed by atoms with Crippen molar-refractivity contribution in [2.75, 3.05) is 5.32 Å². The molecule has 0 bridgehead atoms. The molecule has 2 aromatic carbocycles. The number of aliphatic carboxylic acids is 1. The van der Waals surface area contributed by atoms with Crippen LogP contribution in [0.2, 0.25) is 5.02 Å². The van der Waals surface area contributed by atoms with E-state index >= 15 is 0 Å². The lowest BCUT2D eigenvalue weighted by atomic mass is 9.67. The summed E-state index contributed by atoms with van der Waals surface area (Å²) in [7, 11) is 0. The molecule has 2 fully saturated rings. The Morgan fingerprint density at radius 1 is 1.07 bits per heavy atom. The second-order valence-corrected chi connectivity index (χ2v) is 11.0. The number of carboxylic acids is 1. The van der Waals surface area contributed by atoms with Gasteiger partial charge in [-0.2, -0.15) is 5.10 Å². The Morgan fingerprint density at radius 3 is 2.42 bits per heavy atom. The predicted octanol–water partition coefficient (Wildman–Crippen LogP) is 6.73. The van der Waals surface area contributed by atoms with Crippen molar-refractivity contribution >= 4 is 29.5 Å². The lowest BCUT2D eigenvalue weighted by Gasteiger charge is -2.46. The summed E-state index contributed by atoms with van der Waals surface area (Å²) in [6, 6.07) is 18.3. The van der Waals surface area contributed by atoms with Crippen LogP contribution in [0.5, 0.6) is 0 Å². The first-order valence-electron chi connectivity index (χ1n) is 13.0. The lowest BCUT2D eigenvalue weighted by Crippen LogP contribution is -2.47. The smallest absolute Gasteiger partial charge is 0.413 e. The van der Waals surface area contributed by atoms with E-state index in [0.29, 0.717) is 35.7 Å². The first kappa shape index (κ1) is 26.0. The molecular formula is C30H26ClFN4O4. The number of nitrogens with zero attached hydrogens (tertiary/aromatic N) is 3. The number of hydrogen-bond donors (Lipinski definition) is 2. The van der Waals surface area contributed by atoms with Gasteiger partial charge in [0.15, 0.2) is 11.6 Å². The van der Waals surface area contributed by atoms with Crippen LogP contribution in [0.4, 0.5) is 15.0 Å². The van der Waals surface area contributed by atoms with Crippen molar-refractivity contribution < 1.29 is 23.8 Å². The molecule has 1 amide bonds. The highest BCUT2D eigenvalue weighted by Crippen LogP contribution is 2.50. The number of rotatable bonds is 7. The van der Waals surface area contributed by atoms with E-state index in [4.69, 9.17) is 16.3 Å². The van der Waals surface area contributed by atoms with Crippen LogP contribution in [0, 0.1) is 5.82 Å². The normalized spacial score (nSPS) is 20.8. The largest absolute Gasteiger partial charge is 0.481 e. The number of carboxylic acid groups (broad SMARTS) is 1. The number of hydrogen-bond acceptors (Lipinski definition) is 5. The number of aromatic nitrogens is 3. The maximum Gasteiger partial charge on any atom is 0.413 e. The van der Waals surface area contributed by atoms with Crippen LogP contribution in [0.25, 0.3) is 16.9 Å². The van der Waals surface area contributed by atoms with E-state index in [1.165, 1.54) is 10.9 Å². The maximum absolute atomic E-state index is 14.7. The SMILES string of the molecule is C[C@@]1(OC(=O)Nc2c(F)cnn2-c2ccc(-c3ccc(C4(C(=O)O)CC4)cc3)nc2)CCC1c1ccccc1Cl. The molecule has 2 N–H and O–H groups in total. The first-order valence-corrected chi connectivity index (χ1v) is 13.4. The minimum atomic E-state index is -0.801. The lowest BCUT2D eigenvalue weighted by molar-refractivity contribution is -0.140. The minimum absolute atomic E-state index is 0.0635. The molecule has 2 aliphatic carbocycles. The Bertz CT molecular complexity index is 1600. The highest BCUT2D eigenvalue weighted by Gasteiger charge is 2.51. The molecule has 2 aromatic heterocycles. The van der Waals surface area contributed by atoms with Crippen molar-refractivity contribution in [3.8, 4) is 16.9 Å². The zero-order valence-electron chi connectivity index (χ0n) is 21.6. The molecule has 2 atom stereocenters. The molecule has 2 saturated carbocycles. The first-order chi connectivity index (χ1) is 19.2. The van der Waals surface area contributed by atoms with Gasteiger partial charge in [0.05, 0.1) is 29.2 Å². The summed E-state index contributed by atoms with van der Waals surface area (Å²) in [5.74, 6) is -1.74. The minimum Gasteiger partial charge on any atom is -0.481 e. The average Bonchev–Trinajstić information content (AvgIpc) is 3.69. The topological polar surface area (TPSA) is 106 Å². The summed E-state index contributed by atoms with van der Waals surface area (Å²) in [5, 5.41) is 16.7. The van der Waals surface area contributed by atoms with Gasteiger partial charge < -0.3 is 9.84 Å². The van der Waals surface area contributed by atoms with E-state index in [0.717, 1.165) is 29.3 Å². The van der Waals surface area contributed by atoms with Crippen molar-refractivity contribution in [1.29, 1.82) is 0 Å². The van der Waals surface area contributed by atoms with E-state index < -0.39 is 28.9 Å². The van der Waals surface area contributed by atoms with E-state index in [9.17, 15) is 19.1 Å². The predicted molar refractivity (Wildman–Crippen MR) is 147 cm³/mol. The van der Waals surface area contributed by atoms with Gasteiger partial charge in [0.25, 0.3) is 0 Å². The molecule has 2 heterocycles. The standard InChI is InChI=1S/C30H26ClFN4O4/c1-29(13-12-22(29)21-4-2-3-5-23(21)31)40-28(39)35-26-24(32)17-34-36(26)20-10-11-25(33-16-20)18-6-8-19(9-7-18)30(14-15-30)27(37)38/h2-11,16-17,22H,12-15H2,1H3,(H,35,39)(H,37,38)/t22?,29-/m1/s1. The van der Waals surface area contributed by atoms with Crippen LogP contribution < -0.4 is 5.32 Å². The third-order valence-corrected chi connectivity index (χ3v) is 8.45. The molecule has 10 heteroatoms. The number of amides is 1. The van der Waals surface area contributed by atoms with Crippen LogP contribution in [-0.2, 0) is 14.9 Å². The molecule has 0 aliphatic heterocycles. The molecule has 0 radical (unpaired) electrons. The van der Waals surface area contributed by atoms with Gasteiger partial charge in [-0.3, -0.25) is 15.1 Å². The quantitative estimate of drug-likeness (QED) is 0.260. The van der Waals surface area contributed by atoms with Gasteiger partial charge >= 0.3 is 12.1 Å². The zero-order chi connectivity index (χ0) is 28.1. The summed E-state index contributed by atoms with van der Waals surface area (Å²) in [6.45, 7) is 1.85. The van der Waals surface area contributed by atoms with Gasteiger partial charge in [0, 0.05) is 16.5 Å². The van der Waals surface area contributed by atoms with Crippen molar-refractivity contribution in [3.63, 3.8) is 0 Å². The highest BCUT2D eigenvalue weighted by molar-refractivity contribution is 6.31. The Balaban J connectivity index is 1.16. The fraction of sp³-hybridized carbons (Fsp3) is 0.267. The monoisotopic (exact) mass is 560 g/mol. The molecule has 0 saturated heterocycles. The van der Waals surface area contributed by atoms with Gasteiger partial charge in [-0.15, -0.1) is 0 Å². The van der Waals surface area contributed by atoms with Crippen molar-refractivity contribution in [2.45, 2.75) is 49.5 Å². The van der Waals surface area contributed by atoms with Gasteiger partial charge in [0.2, 0.25) is 0 Å². The van der Waals surface area contributed by atoms with Crippen molar-refractivity contribution in [2.24, 2.45) is 0 Å². The molecule has 8 nitrogen and oxygen atoms in total. The van der Waals surface area contributed by atoms with Crippen LogP contribution in [0.15, 0.2) is 73.1 Å². The van der Waals surface area contributed by atoms with Gasteiger partial charge in [-0.1, -0.05) is 54.1 Å². The third-order valence-electron chi connectivity index (χ3n) is 8.10. The second kappa shape index (κ2) is 9.75. The number of anilines is 1. The molecule has 6 rings (SSSR count). The molecule has 204 valence electrons. The Kier molecular flexibility index (Phi) is 6.34. The van der Waals surface area contributed by atoms with Crippen LogP contribution in [0.3, 0.4) is 0 Å². The number of pyridine rings is 1. The van der Waals surface area contributed by atoms with E-state index in [1.807, 2.05) is 49.4 Å². The number of halogens is 2.